The molecular formula is C22H21ClN2O2. The molecule has 1 aliphatic heterocycles. The number of nitrogens with one attached hydrogen (secondary N) is 1. The number of amides is 1. The summed E-state index contributed by atoms with van der Waals surface area (Å²) >= 11 is 5.90. The van der Waals surface area contributed by atoms with Gasteiger partial charge in [-0.2, -0.15) is 0 Å². The number of carbonyl (C=O) groups is 1. The highest BCUT2D eigenvalue weighted by Crippen LogP contribution is 2.28. The van der Waals surface area contributed by atoms with E-state index < -0.39 is 0 Å². The van der Waals surface area contributed by atoms with Crippen LogP contribution in [0.15, 0.2) is 71.3 Å². The first kappa shape index (κ1) is 17.8. The zero-order valence-electron chi connectivity index (χ0n) is 14.9. The van der Waals surface area contributed by atoms with Gasteiger partial charge in [-0.05, 0) is 53.9 Å². The summed E-state index contributed by atoms with van der Waals surface area (Å²) in [6, 6.07) is 19.3. The van der Waals surface area contributed by atoms with Crippen molar-refractivity contribution in [3.63, 3.8) is 0 Å². The minimum absolute atomic E-state index is 0.00962. The molecule has 2 heterocycles. The summed E-state index contributed by atoms with van der Waals surface area (Å²) in [7, 11) is 0. The van der Waals surface area contributed by atoms with E-state index in [9.17, 15) is 4.79 Å². The molecule has 1 amide bonds. The van der Waals surface area contributed by atoms with Crippen LogP contribution in [-0.2, 0) is 13.0 Å². The molecule has 2 aromatic carbocycles. The summed E-state index contributed by atoms with van der Waals surface area (Å²) in [5.41, 5.74) is 3.34. The fourth-order valence-electron chi connectivity index (χ4n) is 3.57. The molecule has 0 spiro atoms. The second kappa shape index (κ2) is 7.99. The molecule has 4 rings (SSSR count). The van der Waals surface area contributed by atoms with Crippen LogP contribution in [0, 0.1) is 0 Å². The monoisotopic (exact) mass is 380 g/mol. The Morgan fingerprint density at radius 2 is 1.85 bits per heavy atom. The molecule has 1 aliphatic rings. The van der Waals surface area contributed by atoms with Gasteiger partial charge in [0, 0.05) is 30.2 Å². The Morgan fingerprint density at radius 3 is 2.59 bits per heavy atom. The lowest BCUT2D eigenvalue weighted by Gasteiger charge is -2.34. The molecular weight excluding hydrogens is 360 g/mol. The maximum atomic E-state index is 12.5. The van der Waals surface area contributed by atoms with Gasteiger partial charge in [-0.25, -0.2) is 0 Å². The minimum atomic E-state index is -0.111. The lowest BCUT2D eigenvalue weighted by atomic mass is 9.98. The van der Waals surface area contributed by atoms with Crippen LogP contribution in [-0.4, -0.2) is 23.9 Å². The second-order valence-corrected chi connectivity index (χ2v) is 7.17. The van der Waals surface area contributed by atoms with E-state index in [1.807, 2.05) is 12.1 Å². The van der Waals surface area contributed by atoms with Gasteiger partial charge in [0.1, 0.15) is 5.76 Å². The number of furan rings is 1. The number of rotatable bonds is 5. The Kier molecular flexibility index (Phi) is 5.28. The number of fused-ring (bicyclic) bond motifs is 1. The zero-order chi connectivity index (χ0) is 18.6. The standard InChI is InChI=1S/C22H21ClN2O2/c23-19-9-7-17(8-10-19)22(26)24-14-20(21-6-3-13-27-21)25-12-11-16-4-1-2-5-18(16)15-25/h1-10,13,20H,11-12,14-15H2,(H,24,26)/t20-/m1/s1. The maximum Gasteiger partial charge on any atom is 0.251 e. The summed E-state index contributed by atoms with van der Waals surface area (Å²) < 4.78 is 5.68. The molecule has 0 bridgehead atoms. The lowest BCUT2D eigenvalue weighted by molar-refractivity contribution is 0.0919. The Hall–Kier alpha value is -2.56. The van der Waals surface area contributed by atoms with Crippen LogP contribution in [0.3, 0.4) is 0 Å². The molecule has 0 saturated carbocycles. The van der Waals surface area contributed by atoms with Gasteiger partial charge in [0.2, 0.25) is 0 Å². The van der Waals surface area contributed by atoms with Crippen molar-refractivity contribution in [1.82, 2.24) is 10.2 Å². The third kappa shape index (κ3) is 4.07. The molecule has 1 aromatic heterocycles. The predicted molar refractivity (Wildman–Crippen MR) is 106 cm³/mol. The number of carbonyl (C=O) groups excluding carboxylic acids is 1. The molecule has 1 atom stereocenters. The molecule has 0 saturated heterocycles. The third-order valence-electron chi connectivity index (χ3n) is 5.03. The highest BCUT2D eigenvalue weighted by Gasteiger charge is 2.27. The van der Waals surface area contributed by atoms with Crippen molar-refractivity contribution in [3.05, 3.63) is 94.4 Å². The van der Waals surface area contributed by atoms with Crippen LogP contribution in [0.25, 0.3) is 0 Å². The van der Waals surface area contributed by atoms with Gasteiger partial charge >= 0.3 is 0 Å². The van der Waals surface area contributed by atoms with E-state index in [0.29, 0.717) is 17.1 Å². The van der Waals surface area contributed by atoms with Crippen molar-refractivity contribution in [2.24, 2.45) is 0 Å². The highest BCUT2D eigenvalue weighted by molar-refractivity contribution is 6.30. The summed E-state index contributed by atoms with van der Waals surface area (Å²) in [6.45, 7) is 2.26. The van der Waals surface area contributed by atoms with E-state index in [1.165, 1.54) is 11.1 Å². The van der Waals surface area contributed by atoms with Crippen molar-refractivity contribution < 1.29 is 9.21 Å². The molecule has 3 aromatic rings. The van der Waals surface area contributed by atoms with Gasteiger partial charge in [0.25, 0.3) is 5.91 Å². The molecule has 4 nitrogen and oxygen atoms in total. The first-order valence-electron chi connectivity index (χ1n) is 9.09. The SMILES string of the molecule is O=C(NC[C@H](c1ccco1)N1CCc2ccccc2C1)c1ccc(Cl)cc1. The number of hydrogen-bond donors (Lipinski definition) is 1. The first-order valence-corrected chi connectivity index (χ1v) is 9.46. The van der Waals surface area contributed by atoms with E-state index in [4.69, 9.17) is 16.0 Å². The Bertz CT molecular complexity index is 906. The van der Waals surface area contributed by atoms with Gasteiger partial charge in [0.05, 0.1) is 12.3 Å². The fourth-order valence-corrected chi connectivity index (χ4v) is 3.69. The maximum absolute atomic E-state index is 12.5. The Labute approximate surface area is 163 Å². The van der Waals surface area contributed by atoms with Crippen molar-refractivity contribution >= 4 is 17.5 Å². The van der Waals surface area contributed by atoms with Crippen molar-refractivity contribution in [3.8, 4) is 0 Å². The summed E-state index contributed by atoms with van der Waals surface area (Å²) in [6.07, 6.45) is 2.68. The molecule has 0 radical (unpaired) electrons. The van der Waals surface area contributed by atoms with Crippen molar-refractivity contribution in [1.29, 1.82) is 0 Å². The predicted octanol–water partition coefficient (Wildman–Crippen LogP) is 4.46. The van der Waals surface area contributed by atoms with E-state index in [0.717, 1.165) is 25.3 Å². The van der Waals surface area contributed by atoms with Gasteiger partial charge < -0.3 is 9.73 Å². The van der Waals surface area contributed by atoms with Crippen LogP contribution in [0.2, 0.25) is 5.02 Å². The number of benzene rings is 2. The number of hydrogen-bond acceptors (Lipinski definition) is 3. The van der Waals surface area contributed by atoms with E-state index in [1.54, 1.807) is 30.5 Å². The van der Waals surface area contributed by atoms with Gasteiger partial charge in [0.15, 0.2) is 0 Å². The van der Waals surface area contributed by atoms with Gasteiger partial charge in [-0.1, -0.05) is 35.9 Å². The quantitative estimate of drug-likeness (QED) is 0.710. The third-order valence-corrected chi connectivity index (χ3v) is 5.29. The van der Waals surface area contributed by atoms with E-state index in [-0.39, 0.29) is 11.9 Å². The molecule has 138 valence electrons. The first-order chi connectivity index (χ1) is 13.2. The fraction of sp³-hybridized carbons (Fsp3) is 0.227. The van der Waals surface area contributed by atoms with Crippen LogP contribution in [0.1, 0.15) is 33.3 Å². The smallest absolute Gasteiger partial charge is 0.251 e. The largest absolute Gasteiger partial charge is 0.468 e. The van der Waals surface area contributed by atoms with Crippen LogP contribution in [0.5, 0.6) is 0 Å². The van der Waals surface area contributed by atoms with Gasteiger partial charge in [-0.3, -0.25) is 9.69 Å². The average molecular weight is 381 g/mol. The van der Waals surface area contributed by atoms with Crippen LogP contribution >= 0.6 is 11.6 Å². The molecule has 27 heavy (non-hydrogen) atoms. The molecule has 1 N–H and O–H groups in total. The van der Waals surface area contributed by atoms with E-state index in [2.05, 4.69) is 34.5 Å². The topological polar surface area (TPSA) is 45.5 Å². The molecule has 0 aliphatic carbocycles. The van der Waals surface area contributed by atoms with E-state index >= 15 is 0 Å². The normalized spacial score (nSPS) is 15.1. The zero-order valence-corrected chi connectivity index (χ0v) is 15.7. The summed E-state index contributed by atoms with van der Waals surface area (Å²) in [5.74, 6) is 0.756. The minimum Gasteiger partial charge on any atom is -0.468 e. The van der Waals surface area contributed by atoms with Gasteiger partial charge in [-0.15, -0.1) is 0 Å². The van der Waals surface area contributed by atoms with Crippen LogP contribution in [0.4, 0.5) is 0 Å². The Balaban J connectivity index is 1.49. The van der Waals surface area contributed by atoms with Crippen LogP contribution < -0.4 is 5.32 Å². The highest BCUT2D eigenvalue weighted by atomic mass is 35.5. The molecule has 0 unspecified atom stereocenters. The average Bonchev–Trinajstić information content (AvgIpc) is 3.23. The molecule has 0 fully saturated rings. The molecule has 5 heteroatoms. The summed E-state index contributed by atoms with van der Waals surface area (Å²) in [5, 5.41) is 3.66. The second-order valence-electron chi connectivity index (χ2n) is 6.74. The van der Waals surface area contributed by atoms with Crippen molar-refractivity contribution in [2.45, 2.75) is 19.0 Å². The van der Waals surface area contributed by atoms with Crippen molar-refractivity contribution in [2.75, 3.05) is 13.1 Å². The summed E-state index contributed by atoms with van der Waals surface area (Å²) in [4.78, 5) is 14.9. The number of halogens is 1. The Morgan fingerprint density at radius 1 is 1.07 bits per heavy atom. The lowest BCUT2D eigenvalue weighted by Crippen LogP contribution is -2.40. The number of nitrogens with zero attached hydrogens (tertiary/aromatic N) is 1.